The Bertz CT molecular complexity index is 549. The summed E-state index contributed by atoms with van der Waals surface area (Å²) >= 11 is 0. The smallest absolute Gasteiger partial charge is 0.301 e. The van der Waals surface area contributed by atoms with Gasteiger partial charge in [-0.25, -0.2) is 0 Å². The summed E-state index contributed by atoms with van der Waals surface area (Å²) in [6.07, 6.45) is 1.84. The van der Waals surface area contributed by atoms with Crippen LogP contribution in [0.25, 0.3) is 0 Å². The minimum absolute atomic E-state index is 0.560. The van der Waals surface area contributed by atoms with E-state index in [1.165, 1.54) is 4.31 Å². The van der Waals surface area contributed by atoms with Crippen molar-refractivity contribution in [1.82, 2.24) is 4.31 Å². The molecule has 0 atom stereocenters. The largest absolute Gasteiger partial charge is 0.399 e. The summed E-state index contributed by atoms with van der Waals surface area (Å²) in [5.74, 6) is 0.602. The standard InChI is InChI=1S/C13H21N3O2S/c1-10-5-7-16(8-6-10)19(17,18)15-12-3-4-13(14)11(2)9-12/h3-4,9-10,15H,5-8,14H2,1-2H3. The van der Waals surface area contributed by atoms with Crippen LogP contribution in [0.4, 0.5) is 11.4 Å². The third kappa shape index (κ3) is 3.39. The molecule has 1 heterocycles. The zero-order chi connectivity index (χ0) is 14.0. The summed E-state index contributed by atoms with van der Waals surface area (Å²) in [5.41, 5.74) is 7.81. The van der Waals surface area contributed by atoms with Crippen molar-refractivity contribution in [3.8, 4) is 0 Å². The van der Waals surface area contributed by atoms with Crippen LogP contribution in [-0.4, -0.2) is 25.8 Å². The highest BCUT2D eigenvalue weighted by Gasteiger charge is 2.26. The predicted octanol–water partition coefficient (Wildman–Crippen LogP) is 1.97. The Hall–Kier alpha value is -1.27. The molecule has 0 radical (unpaired) electrons. The van der Waals surface area contributed by atoms with E-state index in [2.05, 4.69) is 11.6 Å². The molecule has 1 aromatic rings. The monoisotopic (exact) mass is 283 g/mol. The first-order chi connectivity index (χ1) is 8.88. The maximum atomic E-state index is 12.2. The lowest BCUT2D eigenvalue weighted by Crippen LogP contribution is -2.41. The molecule has 0 saturated carbocycles. The van der Waals surface area contributed by atoms with E-state index in [9.17, 15) is 8.42 Å². The summed E-state index contributed by atoms with van der Waals surface area (Å²) in [5, 5.41) is 0. The van der Waals surface area contributed by atoms with E-state index in [1.54, 1.807) is 18.2 Å². The maximum Gasteiger partial charge on any atom is 0.301 e. The van der Waals surface area contributed by atoms with Gasteiger partial charge >= 0.3 is 10.2 Å². The highest BCUT2D eigenvalue weighted by atomic mass is 32.2. The van der Waals surface area contributed by atoms with Gasteiger partial charge in [0.1, 0.15) is 0 Å². The third-order valence-corrected chi connectivity index (χ3v) is 5.14. The molecule has 0 aromatic heterocycles. The fraction of sp³-hybridized carbons (Fsp3) is 0.538. The number of nitrogens with zero attached hydrogens (tertiary/aromatic N) is 1. The molecule has 0 aliphatic carbocycles. The predicted molar refractivity (Wildman–Crippen MR) is 78.1 cm³/mol. The lowest BCUT2D eigenvalue weighted by atomic mass is 10.0. The molecule has 6 heteroatoms. The summed E-state index contributed by atoms with van der Waals surface area (Å²) in [6, 6.07) is 5.15. The van der Waals surface area contributed by atoms with Crippen molar-refractivity contribution < 1.29 is 8.42 Å². The Kier molecular flexibility index (Phi) is 4.01. The van der Waals surface area contributed by atoms with Gasteiger partial charge < -0.3 is 5.73 Å². The van der Waals surface area contributed by atoms with Gasteiger partial charge in [0.15, 0.2) is 0 Å². The second kappa shape index (κ2) is 5.38. The average molecular weight is 283 g/mol. The summed E-state index contributed by atoms with van der Waals surface area (Å²) < 4.78 is 28.6. The van der Waals surface area contributed by atoms with Gasteiger partial charge in [0, 0.05) is 18.8 Å². The number of nitrogens with one attached hydrogen (secondary N) is 1. The van der Waals surface area contributed by atoms with Crippen molar-refractivity contribution in [3.05, 3.63) is 23.8 Å². The summed E-state index contributed by atoms with van der Waals surface area (Å²) in [6.45, 7) is 5.19. The van der Waals surface area contributed by atoms with Crippen LogP contribution in [0, 0.1) is 12.8 Å². The van der Waals surface area contributed by atoms with Crippen LogP contribution in [-0.2, 0) is 10.2 Å². The zero-order valence-corrected chi connectivity index (χ0v) is 12.2. The van der Waals surface area contributed by atoms with Gasteiger partial charge in [-0.1, -0.05) is 6.92 Å². The molecule has 0 bridgehead atoms. The molecule has 19 heavy (non-hydrogen) atoms. The van der Waals surface area contributed by atoms with Crippen LogP contribution in [0.15, 0.2) is 18.2 Å². The maximum absolute atomic E-state index is 12.2. The number of hydrogen-bond donors (Lipinski definition) is 2. The van der Waals surface area contributed by atoms with E-state index in [1.807, 2.05) is 6.92 Å². The molecule has 1 aliphatic rings. The minimum atomic E-state index is -3.45. The summed E-state index contributed by atoms with van der Waals surface area (Å²) in [4.78, 5) is 0. The van der Waals surface area contributed by atoms with Gasteiger partial charge in [-0.3, -0.25) is 4.72 Å². The van der Waals surface area contributed by atoms with Crippen LogP contribution >= 0.6 is 0 Å². The number of rotatable bonds is 3. The molecule has 5 nitrogen and oxygen atoms in total. The number of nitrogen functional groups attached to an aromatic ring is 1. The van der Waals surface area contributed by atoms with E-state index >= 15 is 0 Å². The third-order valence-electron chi connectivity index (χ3n) is 3.60. The van der Waals surface area contributed by atoms with E-state index in [4.69, 9.17) is 5.73 Å². The summed E-state index contributed by atoms with van der Waals surface area (Å²) in [7, 11) is -3.45. The number of anilines is 2. The van der Waals surface area contributed by atoms with Crippen LogP contribution < -0.4 is 10.5 Å². The molecular formula is C13H21N3O2S. The van der Waals surface area contributed by atoms with Gasteiger partial charge in [0.05, 0.1) is 5.69 Å². The lowest BCUT2D eigenvalue weighted by Gasteiger charge is -2.29. The second-order valence-electron chi connectivity index (χ2n) is 5.26. The Balaban J connectivity index is 2.10. The fourth-order valence-electron chi connectivity index (χ4n) is 2.18. The molecule has 1 aliphatic heterocycles. The van der Waals surface area contributed by atoms with Crippen molar-refractivity contribution in [2.45, 2.75) is 26.7 Å². The quantitative estimate of drug-likeness (QED) is 0.833. The zero-order valence-electron chi connectivity index (χ0n) is 11.4. The first-order valence-electron chi connectivity index (χ1n) is 6.52. The van der Waals surface area contributed by atoms with Crippen molar-refractivity contribution in [1.29, 1.82) is 0 Å². The lowest BCUT2D eigenvalue weighted by molar-refractivity contribution is 0.289. The van der Waals surface area contributed by atoms with Crippen LogP contribution in [0.3, 0.4) is 0 Å². The highest BCUT2D eigenvalue weighted by molar-refractivity contribution is 7.90. The molecule has 0 spiro atoms. The van der Waals surface area contributed by atoms with Gasteiger partial charge in [-0.2, -0.15) is 12.7 Å². The van der Waals surface area contributed by atoms with Crippen molar-refractivity contribution in [2.24, 2.45) is 5.92 Å². The Morgan fingerprint density at radius 1 is 1.32 bits per heavy atom. The number of benzene rings is 1. The number of piperidine rings is 1. The van der Waals surface area contributed by atoms with Crippen LogP contribution in [0.1, 0.15) is 25.3 Å². The van der Waals surface area contributed by atoms with E-state index in [-0.39, 0.29) is 0 Å². The van der Waals surface area contributed by atoms with Gasteiger partial charge in [-0.15, -0.1) is 0 Å². The number of aryl methyl sites for hydroxylation is 1. The molecule has 1 aromatic carbocycles. The molecule has 2 rings (SSSR count). The van der Waals surface area contributed by atoms with E-state index < -0.39 is 10.2 Å². The van der Waals surface area contributed by atoms with Crippen molar-refractivity contribution >= 4 is 21.6 Å². The molecule has 1 saturated heterocycles. The van der Waals surface area contributed by atoms with Crippen molar-refractivity contribution in [2.75, 3.05) is 23.5 Å². The molecule has 1 fully saturated rings. The molecular weight excluding hydrogens is 262 g/mol. The van der Waals surface area contributed by atoms with Gasteiger partial charge in [-0.05, 0) is 49.4 Å². The molecule has 0 unspecified atom stereocenters. The fourth-order valence-corrected chi connectivity index (χ4v) is 3.42. The SMILES string of the molecule is Cc1cc(NS(=O)(=O)N2CCC(C)CC2)ccc1N. The second-order valence-corrected chi connectivity index (χ2v) is 6.93. The molecule has 106 valence electrons. The molecule has 3 N–H and O–H groups in total. The molecule has 0 amide bonds. The van der Waals surface area contributed by atoms with Crippen LogP contribution in [0.5, 0.6) is 0 Å². The van der Waals surface area contributed by atoms with Crippen LogP contribution in [0.2, 0.25) is 0 Å². The first-order valence-corrected chi connectivity index (χ1v) is 7.96. The van der Waals surface area contributed by atoms with Gasteiger partial charge in [0.2, 0.25) is 0 Å². The number of hydrogen-bond acceptors (Lipinski definition) is 3. The Labute approximate surface area is 115 Å². The topological polar surface area (TPSA) is 75.4 Å². The first kappa shape index (κ1) is 14.1. The van der Waals surface area contributed by atoms with Crippen molar-refractivity contribution in [3.63, 3.8) is 0 Å². The highest BCUT2D eigenvalue weighted by Crippen LogP contribution is 2.22. The minimum Gasteiger partial charge on any atom is -0.399 e. The van der Waals surface area contributed by atoms with E-state index in [0.29, 0.717) is 30.4 Å². The number of nitrogens with two attached hydrogens (primary N) is 1. The normalized spacial score (nSPS) is 18.4. The Morgan fingerprint density at radius 3 is 2.53 bits per heavy atom. The van der Waals surface area contributed by atoms with Gasteiger partial charge in [0.25, 0.3) is 0 Å². The average Bonchev–Trinajstić information content (AvgIpc) is 2.34. The van der Waals surface area contributed by atoms with E-state index in [0.717, 1.165) is 18.4 Å². The Morgan fingerprint density at radius 2 is 1.95 bits per heavy atom.